The van der Waals surface area contributed by atoms with Gasteiger partial charge in [-0.2, -0.15) is 0 Å². The Morgan fingerprint density at radius 3 is 2.69 bits per heavy atom. The molecule has 1 N–H and O–H groups in total. The summed E-state index contributed by atoms with van der Waals surface area (Å²) in [4.78, 5) is 12.4. The van der Waals surface area contributed by atoms with E-state index in [0.717, 1.165) is 5.69 Å². The van der Waals surface area contributed by atoms with Gasteiger partial charge in [0.1, 0.15) is 12.1 Å². The first-order valence-electron chi connectivity index (χ1n) is 7.85. The lowest BCUT2D eigenvalue weighted by Gasteiger charge is -2.14. The lowest BCUT2D eigenvalue weighted by Crippen LogP contribution is -2.22. The molecule has 2 aromatic carbocycles. The van der Waals surface area contributed by atoms with E-state index in [-0.39, 0.29) is 11.2 Å². The van der Waals surface area contributed by atoms with Crippen LogP contribution in [0.2, 0.25) is 5.02 Å². The minimum Gasteiger partial charge on any atom is -0.495 e. The molecule has 0 aliphatic heterocycles. The van der Waals surface area contributed by atoms with Gasteiger partial charge >= 0.3 is 0 Å². The summed E-state index contributed by atoms with van der Waals surface area (Å²) in [6, 6.07) is 14.5. The summed E-state index contributed by atoms with van der Waals surface area (Å²) in [6.07, 6.45) is 1.60. The largest absolute Gasteiger partial charge is 0.495 e. The maximum absolute atomic E-state index is 12.4. The molecular weight excluding hydrogens is 372 g/mol. The van der Waals surface area contributed by atoms with Gasteiger partial charge in [0, 0.05) is 10.7 Å². The standard InChI is InChI=1S/C18H17ClN4O2S/c1-12(17(24)21-14-9-7-13(19)8-10-14)26-18-22-20-11-23(18)15-5-3-4-6-16(15)25-2/h3-12H,1-2H3,(H,21,24). The zero-order chi connectivity index (χ0) is 18.5. The number of aromatic nitrogens is 3. The minimum atomic E-state index is -0.372. The van der Waals surface area contributed by atoms with E-state index in [4.69, 9.17) is 16.3 Å². The number of nitrogens with one attached hydrogen (secondary N) is 1. The van der Waals surface area contributed by atoms with E-state index in [1.54, 1.807) is 42.3 Å². The SMILES string of the molecule is COc1ccccc1-n1cnnc1SC(C)C(=O)Nc1ccc(Cl)cc1. The number of carbonyl (C=O) groups excluding carboxylic acids is 1. The Bertz CT molecular complexity index is 898. The van der Waals surface area contributed by atoms with E-state index in [1.165, 1.54) is 11.8 Å². The summed E-state index contributed by atoms with van der Waals surface area (Å²) < 4.78 is 7.19. The number of nitrogens with zero attached hydrogens (tertiary/aromatic N) is 3. The molecule has 1 aromatic heterocycles. The topological polar surface area (TPSA) is 69.0 Å². The number of benzene rings is 2. The Morgan fingerprint density at radius 2 is 1.96 bits per heavy atom. The number of halogens is 1. The summed E-state index contributed by atoms with van der Waals surface area (Å²) in [6.45, 7) is 1.82. The summed E-state index contributed by atoms with van der Waals surface area (Å²) in [7, 11) is 1.61. The van der Waals surface area contributed by atoms with Gasteiger partial charge in [0.05, 0.1) is 18.0 Å². The van der Waals surface area contributed by atoms with Crippen LogP contribution < -0.4 is 10.1 Å². The van der Waals surface area contributed by atoms with Gasteiger partial charge in [0.15, 0.2) is 5.16 Å². The Hall–Kier alpha value is -2.51. The lowest BCUT2D eigenvalue weighted by atomic mass is 10.3. The van der Waals surface area contributed by atoms with Crippen LogP contribution in [0.25, 0.3) is 5.69 Å². The third-order valence-electron chi connectivity index (χ3n) is 3.62. The fourth-order valence-electron chi connectivity index (χ4n) is 2.29. The van der Waals surface area contributed by atoms with Crippen molar-refractivity contribution < 1.29 is 9.53 Å². The van der Waals surface area contributed by atoms with E-state index >= 15 is 0 Å². The second kappa shape index (κ2) is 8.25. The molecule has 0 saturated heterocycles. The molecule has 1 heterocycles. The maximum Gasteiger partial charge on any atom is 0.237 e. The molecule has 0 radical (unpaired) electrons. The Balaban J connectivity index is 1.74. The Kier molecular flexibility index (Phi) is 5.80. The fraction of sp³-hybridized carbons (Fsp3) is 0.167. The molecule has 0 fully saturated rings. The van der Waals surface area contributed by atoms with Crippen LogP contribution in [0.15, 0.2) is 60.0 Å². The predicted molar refractivity (Wildman–Crippen MR) is 103 cm³/mol. The van der Waals surface area contributed by atoms with E-state index < -0.39 is 0 Å². The monoisotopic (exact) mass is 388 g/mol. The van der Waals surface area contributed by atoms with Crippen molar-refractivity contribution in [1.29, 1.82) is 0 Å². The molecule has 6 nitrogen and oxygen atoms in total. The van der Waals surface area contributed by atoms with Crippen molar-refractivity contribution >= 4 is 35.0 Å². The normalized spacial score (nSPS) is 11.8. The molecule has 0 aliphatic rings. The summed E-state index contributed by atoms with van der Waals surface area (Å²) in [5.41, 5.74) is 1.51. The van der Waals surface area contributed by atoms with Crippen molar-refractivity contribution in [2.24, 2.45) is 0 Å². The molecule has 26 heavy (non-hydrogen) atoms. The number of methoxy groups -OCH3 is 1. The molecule has 1 amide bonds. The van der Waals surface area contributed by atoms with E-state index in [1.807, 2.05) is 31.2 Å². The molecule has 0 saturated carbocycles. The average molecular weight is 389 g/mol. The van der Waals surface area contributed by atoms with Gasteiger partial charge in [-0.05, 0) is 43.3 Å². The van der Waals surface area contributed by atoms with Gasteiger partial charge in [-0.15, -0.1) is 10.2 Å². The van der Waals surface area contributed by atoms with Crippen LogP contribution in [-0.2, 0) is 4.79 Å². The van der Waals surface area contributed by atoms with Crippen molar-refractivity contribution in [2.45, 2.75) is 17.3 Å². The second-order valence-electron chi connectivity index (χ2n) is 5.41. The average Bonchev–Trinajstić information content (AvgIpc) is 3.11. The van der Waals surface area contributed by atoms with Crippen molar-refractivity contribution in [3.05, 3.63) is 59.9 Å². The lowest BCUT2D eigenvalue weighted by molar-refractivity contribution is -0.115. The molecule has 0 bridgehead atoms. The van der Waals surface area contributed by atoms with Crippen molar-refractivity contribution in [3.8, 4) is 11.4 Å². The number of para-hydroxylation sites is 2. The smallest absolute Gasteiger partial charge is 0.237 e. The van der Waals surface area contributed by atoms with Gasteiger partial charge in [0.25, 0.3) is 0 Å². The van der Waals surface area contributed by atoms with Crippen molar-refractivity contribution in [3.63, 3.8) is 0 Å². The number of thioether (sulfide) groups is 1. The third-order valence-corrected chi connectivity index (χ3v) is 4.93. The minimum absolute atomic E-state index is 0.133. The van der Waals surface area contributed by atoms with E-state index in [2.05, 4.69) is 15.5 Å². The van der Waals surface area contributed by atoms with Crippen LogP contribution in [0.1, 0.15) is 6.92 Å². The number of hydrogen-bond donors (Lipinski definition) is 1. The van der Waals surface area contributed by atoms with Crippen LogP contribution in [0, 0.1) is 0 Å². The van der Waals surface area contributed by atoms with Crippen molar-refractivity contribution in [1.82, 2.24) is 14.8 Å². The highest BCUT2D eigenvalue weighted by molar-refractivity contribution is 8.00. The molecule has 0 aliphatic carbocycles. The first kappa shape index (κ1) is 18.3. The zero-order valence-corrected chi connectivity index (χ0v) is 15.8. The number of ether oxygens (including phenoxy) is 1. The van der Waals surface area contributed by atoms with Gasteiger partial charge in [-0.25, -0.2) is 0 Å². The maximum atomic E-state index is 12.4. The highest BCUT2D eigenvalue weighted by Crippen LogP contribution is 2.29. The molecule has 134 valence electrons. The third kappa shape index (κ3) is 4.17. The number of amides is 1. The highest BCUT2D eigenvalue weighted by Gasteiger charge is 2.19. The highest BCUT2D eigenvalue weighted by atomic mass is 35.5. The molecule has 0 spiro atoms. The fourth-order valence-corrected chi connectivity index (χ4v) is 3.25. The summed E-state index contributed by atoms with van der Waals surface area (Å²) >= 11 is 7.18. The van der Waals surface area contributed by atoms with Crippen LogP contribution in [0.4, 0.5) is 5.69 Å². The second-order valence-corrected chi connectivity index (χ2v) is 7.16. The van der Waals surface area contributed by atoms with Gasteiger partial charge < -0.3 is 10.1 Å². The van der Waals surface area contributed by atoms with Crippen LogP contribution in [0.3, 0.4) is 0 Å². The Labute approximate surface area is 160 Å². The van der Waals surface area contributed by atoms with E-state index in [9.17, 15) is 4.79 Å². The molecule has 8 heteroatoms. The molecule has 1 unspecified atom stereocenters. The van der Waals surface area contributed by atoms with Crippen molar-refractivity contribution in [2.75, 3.05) is 12.4 Å². The number of hydrogen-bond acceptors (Lipinski definition) is 5. The molecule has 1 atom stereocenters. The van der Waals surface area contributed by atoms with Gasteiger partial charge in [0.2, 0.25) is 5.91 Å². The summed E-state index contributed by atoms with van der Waals surface area (Å²) in [5.74, 6) is 0.569. The van der Waals surface area contributed by atoms with E-state index in [0.29, 0.717) is 21.6 Å². The first-order valence-corrected chi connectivity index (χ1v) is 9.10. The molecule has 3 rings (SSSR count). The quantitative estimate of drug-likeness (QED) is 0.645. The van der Waals surface area contributed by atoms with Gasteiger partial charge in [-0.3, -0.25) is 9.36 Å². The van der Waals surface area contributed by atoms with Crippen LogP contribution >= 0.6 is 23.4 Å². The zero-order valence-electron chi connectivity index (χ0n) is 14.2. The Morgan fingerprint density at radius 1 is 1.23 bits per heavy atom. The number of anilines is 1. The number of carbonyl (C=O) groups is 1. The first-order chi connectivity index (χ1) is 12.6. The molecule has 3 aromatic rings. The van der Waals surface area contributed by atoms with Crippen LogP contribution in [-0.4, -0.2) is 33.0 Å². The molecular formula is C18H17ClN4O2S. The number of rotatable bonds is 6. The predicted octanol–water partition coefficient (Wildman–Crippen LogP) is 4.05. The van der Waals surface area contributed by atoms with Gasteiger partial charge in [-0.1, -0.05) is 35.5 Å². The summed E-state index contributed by atoms with van der Waals surface area (Å²) in [5, 5.41) is 11.8. The van der Waals surface area contributed by atoms with Crippen LogP contribution in [0.5, 0.6) is 5.75 Å².